The third kappa shape index (κ3) is 9.67. The van der Waals surface area contributed by atoms with Gasteiger partial charge in [0.05, 0.1) is 24.2 Å². The molecule has 52 heavy (non-hydrogen) atoms. The molecule has 6 heteroatoms. The zero-order valence-electron chi connectivity index (χ0n) is 31.9. The molecule has 6 aromatic carbocycles. The maximum absolute atomic E-state index is 2.82. The van der Waals surface area contributed by atoms with Crippen molar-refractivity contribution in [3.8, 4) is 0 Å². The predicted molar refractivity (Wildman–Crippen MR) is 248 cm³/mol. The minimum Gasteiger partial charge on any atom is -0.0693 e. The van der Waals surface area contributed by atoms with Gasteiger partial charge in [0.25, 0.3) is 0 Å². The van der Waals surface area contributed by atoms with Crippen LogP contribution in [0.15, 0.2) is 182 Å². The molecule has 0 aliphatic rings. The van der Waals surface area contributed by atoms with Gasteiger partial charge in [-0.05, 0) is 72.9 Å². The van der Waals surface area contributed by atoms with Crippen molar-refractivity contribution in [2.75, 3.05) is 17.4 Å². The van der Waals surface area contributed by atoms with Crippen molar-refractivity contribution in [2.45, 2.75) is 44.1 Å². The van der Waals surface area contributed by atoms with Gasteiger partial charge in [-0.25, -0.2) is 0 Å². The van der Waals surface area contributed by atoms with Crippen LogP contribution in [-0.4, -0.2) is 41.6 Å². The summed E-state index contributed by atoms with van der Waals surface area (Å²) in [5.74, 6) is 4.03. The molecule has 0 saturated carbocycles. The summed E-state index contributed by atoms with van der Waals surface area (Å²) in [4.78, 5) is 0.833. The van der Waals surface area contributed by atoms with Crippen molar-refractivity contribution >= 4 is 79.8 Å². The number of rotatable bonds is 15. The maximum Gasteiger partial charge on any atom is 0.0502 e. The molecule has 0 heterocycles. The van der Waals surface area contributed by atoms with Crippen LogP contribution in [0.2, 0.25) is 44.1 Å². The molecule has 0 fully saturated rings. The van der Waals surface area contributed by atoms with Gasteiger partial charge < -0.3 is 0 Å². The first-order valence-electron chi connectivity index (χ1n) is 18.7. The van der Waals surface area contributed by atoms with Crippen LogP contribution in [-0.2, 0) is 0 Å². The summed E-state index contributed by atoms with van der Waals surface area (Å²) in [5.41, 5.74) is 0. The second kappa shape index (κ2) is 17.6. The molecule has 0 unspecified atom stereocenters. The Hall–Kier alpha value is -2.74. The van der Waals surface area contributed by atoms with Crippen LogP contribution in [0.1, 0.15) is 0 Å². The van der Waals surface area contributed by atoms with E-state index in [9.17, 15) is 0 Å². The maximum atomic E-state index is 2.82. The van der Waals surface area contributed by atoms with E-state index in [2.05, 4.69) is 221 Å². The molecule has 0 bridgehead atoms. The molecule has 0 spiro atoms. The van der Waals surface area contributed by atoms with Crippen molar-refractivity contribution in [2.24, 2.45) is 0 Å². The normalized spacial score (nSPS) is 12.6. The summed E-state index contributed by atoms with van der Waals surface area (Å²) in [5, 5.41) is 9.21. The molecular weight excluding hydrogens is 730 g/mol. The highest BCUT2D eigenvalue weighted by molar-refractivity contribution is 7.77. The van der Waals surface area contributed by atoms with Crippen LogP contribution in [0, 0.1) is 0 Å². The van der Waals surface area contributed by atoms with Gasteiger partial charge in [0.15, 0.2) is 0 Å². The van der Waals surface area contributed by atoms with E-state index in [-0.39, 0.29) is 0 Å². The van der Waals surface area contributed by atoms with Gasteiger partial charge in [-0.2, -0.15) is 0 Å². The van der Waals surface area contributed by atoms with Gasteiger partial charge >= 0.3 is 0 Å². The number of hydrogen-bond acceptors (Lipinski definition) is 0. The molecule has 0 amide bonds. The lowest BCUT2D eigenvalue weighted by atomic mass is 10.4. The van der Waals surface area contributed by atoms with Gasteiger partial charge in [0.1, 0.15) is 0 Å². The number of hydrogen-bond donors (Lipinski definition) is 0. The van der Waals surface area contributed by atoms with E-state index in [1.165, 1.54) is 49.2 Å². The zero-order valence-corrected chi connectivity index (χ0v) is 37.5. The van der Waals surface area contributed by atoms with Crippen LogP contribution in [0.25, 0.3) is 0 Å². The fourth-order valence-electron chi connectivity index (χ4n) is 9.31. The molecule has 266 valence electrons. The van der Waals surface area contributed by atoms with Crippen LogP contribution in [0.4, 0.5) is 0 Å². The Kier molecular flexibility index (Phi) is 13.2. The summed E-state index contributed by atoms with van der Waals surface area (Å²) in [6, 6.07) is 69.2. The molecule has 0 atom stereocenters. The Morgan fingerprint density at radius 1 is 0.288 bits per heavy atom. The lowest BCUT2D eigenvalue weighted by molar-refractivity contribution is 1.32. The first-order valence-corrected chi connectivity index (χ1v) is 33.1. The van der Waals surface area contributed by atoms with Crippen molar-refractivity contribution in [1.82, 2.24) is 0 Å². The first kappa shape index (κ1) is 39.0. The average molecular weight is 785 g/mol. The van der Waals surface area contributed by atoms with E-state index in [1.807, 2.05) is 0 Å². The van der Waals surface area contributed by atoms with Crippen LogP contribution < -0.4 is 31.8 Å². The largest absolute Gasteiger partial charge is 0.0693 e. The minimum absolute atomic E-state index is 0.465. The highest BCUT2D eigenvalue weighted by Crippen LogP contribution is 2.52. The van der Waals surface area contributed by atoms with Gasteiger partial charge in [0.2, 0.25) is 0 Å². The summed E-state index contributed by atoms with van der Waals surface area (Å²) >= 11 is 0. The van der Waals surface area contributed by atoms with Gasteiger partial charge in [-0.3, -0.25) is 0 Å². The quantitative estimate of drug-likeness (QED) is 0.0719. The molecule has 6 aromatic rings. The van der Waals surface area contributed by atoms with E-state index >= 15 is 0 Å². The molecule has 0 aromatic heterocycles. The molecule has 0 saturated heterocycles. The SMILES string of the molecule is C[Si](C)(CP(c1ccccc1)c1ccccc1)C([Si](C)(C)CP(c1ccccc1)c1ccccc1)[Si](C)(C)CP(c1ccccc1)c1ccccc1. The zero-order chi connectivity index (χ0) is 36.6. The highest BCUT2D eigenvalue weighted by atomic mass is 31.1. The average Bonchev–Trinajstić information content (AvgIpc) is 3.17. The molecular formula is C46H55P3Si3. The van der Waals surface area contributed by atoms with Crippen LogP contribution in [0.3, 0.4) is 0 Å². The van der Waals surface area contributed by atoms with Crippen LogP contribution >= 0.6 is 23.8 Å². The third-order valence-corrected chi connectivity index (χ3v) is 48.3. The van der Waals surface area contributed by atoms with E-state index in [0.717, 1.165) is 4.79 Å². The second-order valence-electron chi connectivity index (χ2n) is 16.2. The molecule has 0 radical (unpaired) electrons. The van der Waals surface area contributed by atoms with Crippen molar-refractivity contribution in [1.29, 1.82) is 0 Å². The molecule has 0 N–H and O–H groups in total. The summed E-state index contributed by atoms with van der Waals surface area (Å²) in [6.07, 6.45) is 0. The summed E-state index contributed by atoms with van der Waals surface area (Å²) in [7, 11) is -7.08. The smallest absolute Gasteiger partial charge is 0.0502 e. The monoisotopic (exact) mass is 784 g/mol. The third-order valence-electron chi connectivity index (χ3n) is 10.4. The Balaban J connectivity index is 1.47. The topological polar surface area (TPSA) is 0 Å². The molecule has 0 aliphatic carbocycles. The number of benzene rings is 6. The molecule has 0 nitrogen and oxygen atoms in total. The molecule has 0 aliphatic heterocycles. The minimum atomic E-state index is -1.90. The van der Waals surface area contributed by atoms with Gasteiger partial charge in [-0.1, -0.05) is 226 Å². The predicted octanol–water partition coefficient (Wildman–Crippen LogP) is 10.6. The second-order valence-corrected chi connectivity index (χ2v) is 41.0. The van der Waals surface area contributed by atoms with E-state index in [1.54, 1.807) is 0 Å². The summed E-state index contributed by atoms with van der Waals surface area (Å²) in [6.45, 7) is 16.9. The van der Waals surface area contributed by atoms with Crippen molar-refractivity contribution in [3.05, 3.63) is 182 Å². The first-order chi connectivity index (χ1) is 25.1. The Bertz CT molecular complexity index is 1590. The van der Waals surface area contributed by atoms with Gasteiger partial charge in [-0.15, -0.1) is 0 Å². The van der Waals surface area contributed by atoms with Gasteiger partial charge in [0, 0.05) is 0 Å². The standard InChI is InChI=1S/C46H55P3Si3/c1-50(2,37-47(40-25-13-7-14-26-40)41-27-15-8-16-28-41)46(51(3,4)38-48(42-29-17-9-18-30-42)43-31-19-10-20-32-43)52(5,6)39-49(44-33-21-11-22-34-44)45-35-23-12-24-36-45/h7-36,46H,37-39H2,1-6H3. The van der Waals surface area contributed by atoms with Crippen molar-refractivity contribution < 1.29 is 0 Å². The van der Waals surface area contributed by atoms with E-state index < -0.39 is 48.0 Å². The summed E-state index contributed by atoms with van der Waals surface area (Å²) < 4.78 is 0. The molecule has 6 rings (SSSR count). The lowest BCUT2D eigenvalue weighted by Crippen LogP contribution is -2.64. The Morgan fingerprint density at radius 2 is 0.442 bits per heavy atom. The van der Waals surface area contributed by atoms with E-state index in [0.29, 0.717) is 0 Å². The fraction of sp³-hybridized carbons (Fsp3) is 0.217. The Labute approximate surface area is 321 Å². The fourth-order valence-corrected chi connectivity index (χ4v) is 60.1. The highest BCUT2D eigenvalue weighted by Gasteiger charge is 2.53. The lowest BCUT2D eigenvalue weighted by Gasteiger charge is -2.53. The Morgan fingerprint density at radius 3 is 0.596 bits per heavy atom. The van der Waals surface area contributed by atoms with Crippen molar-refractivity contribution in [3.63, 3.8) is 0 Å². The van der Waals surface area contributed by atoms with E-state index in [4.69, 9.17) is 0 Å². The van der Waals surface area contributed by atoms with Crippen LogP contribution in [0.5, 0.6) is 0 Å².